The molecular weight excluding hydrogens is 310 g/mol. The molecule has 134 valence electrons. The number of nitrogens with one attached hydrogen (secondary N) is 1. The Kier molecular flexibility index (Phi) is 7.05. The largest absolute Gasteiger partial charge is 0.481 e. The van der Waals surface area contributed by atoms with E-state index >= 15 is 0 Å². The lowest BCUT2D eigenvalue weighted by Gasteiger charge is -2.18. The Morgan fingerprint density at radius 3 is 2.56 bits per heavy atom. The minimum atomic E-state index is -0.501. The Balaban J connectivity index is 1.79. The first-order chi connectivity index (χ1) is 12.0. The summed E-state index contributed by atoms with van der Waals surface area (Å²) < 4.78 is 5.89. The Morgan fingerprint density at radius 2 is 1.84 bits per heavy atom. The lowest BCUT2D eigenvalue weighted by Crippen LogP contribution is -2.37. The van der Waals surface area contributed by atoms with E-state index in [1.807, 2.05) is 24.3 Å². The summed E-state index contributed by atoms with van der Waals surface area (Å²) >= 11 is 0. The fraction of sp³-hybridized carbons (Fsp3) is 0.409. The van der Waals surface area contributed by atoms with Gasteiger partial charge < -0.3 is 10.1 Å². The van der Waals surface area contributed by atoms with Gasteiger partial charge in [0.15, 0.2) is 6.10 Å². The minimum absolute atomic E-state index is 0.0669. The maximum Gasteiger partial charge on any atom is 0.260 e. The number of hydrogen-bond acceptors (Lipinski definition) is 2. The Labute approximate surface area is 151 Å². The van der Waals surface area contributed by atoms with Crippen molar-refractivity contribution in [3.8, 4) is 5.75 Å². The van der Waals surface area contributed by atoms with Crippen LogP contribution >= 0.6 is 0 Å². The molecule has 1 atom stereocenters. The van der Waals surface area contributed by atoms with E-state index in [1.54, 1.807) is 6.92 Å². The summed E-state index contributed by atoms with van der Waals surface area (Å²) in [6.07, 6.45) is 1.39. The zero-order valence-electron chi connectivity index (χ0n) is 15.7. The molecule has 0 aliphatic rings. The van der Waals surface area contributed by atoms with E-state index < -0.39 is 6.10 Å². The van der Waals surface area contributed by atoms with Crippen molar-refractivity contribution in [1.82, 2.24) is 5.32 Å². The number of amides is 1. The molecule has 0 aliphatic heterocycles. The zero-order valence-corrected chi connectivity index (χ0v) is 15.7. The van der Waals surface area contributed by atoms with Gasteiger partial charge in [0.2, 0.25) is 0 Å². The van der Waals surface area contributed by atoms with Crippen molar-refractivity contribution in [3.63, 3.8) is 0 Å². The van der Waals surface area contributed by atoms with Crippen LogP contribution in [0.3, 0.4) is 0 Å². The van der Waals surface area contributed by atoms with E-state index in [-0.39, 0.29) is 5.91 Å². The average Bonchev–Trinajstić information content (AvgIpc) is 2.59. The van der Waals surface area contributed by atoms with Crippen molar-refractivity contribution in [1.29, 1.82) is 0 Å². The summed E-state index contributed by atoms with van der Waals surface area (Å²) in [5, 5.41) is 2.97. The minimum Gasteiger partial charge on any atom is -0.481 e. The summed E-state index contributed by atoms with van der Waals surface area (Å²) in [6, 6.07) is 16.4. The number of aryl methyl sites for hydroxylation is 2. The highest BCUT2D eigenvalue weighted by molar-refractivity contribution is 5.80. The van der Waals surface area contributed by atoms with E-state index in [9.17, 15) is 4.79 Å². The standard InChI is InChI=1S/C22H29NO2/c1-16(2)20-12-5-6-13-21(20)25-18(4)22(24)23-14-8-11-19-10-7-9-17(3)15-19/h5-7,9-10,12-13,15-16,18H,8,11,14H2,1-4H3,(H,23,24)/t18-/m1/s1. The summed E-state index contributed by atoms with van der Waals surface area (Å²) in [6.45, 7) is 8.80. The van der Waals surface area contributed by atoms with Gasteiger partial charge in [-0.15, -0.1) is 0 Å². The Hall–Kier alpha value is -2.29. The van der Waals surface area contributed by atoms with Crippen LogP contribution in [-0.2, 0) is 11.2 Å². The van der Waals surface area contributed by atoms with Crippen LogP contribution in [0.2, 0.25) is 0 Å². The van der Waals surface area contributed by atoms with Crippen LogP contribution in [0.4, 0.5) is 0 Å². The van der Waals surface area contributed by atoms with Gasteiger partial charge in [-0.3, -0.25) is 4.79 Å². The van der Waals surface area contributed by atoms with Crippen LogP contribution in [-0.4, -0.2) is 18.6 Å². The second-order valence-electron chi connectivity index (χ2n) is 6.84. The molecular formula is C22H29NO2. The van der Waals surface area contributed by atoms with Gasteiger partial charge in [-0.25, -0.2) is 0 Å². The van der Waals surface area contributed by atoms with Crippen molar-refractivity contribution in [2.24, 2.45) is 0 Å². The monoisotopic (exact) mass is 339 g/mol. The molecule has 0 heterocycles. The SMILES string of the molecule is Cc1cccc(CCCNC(=O)[C@@H](C)Oc2ccccc2C(C)C)c1. The lowest BCUT2D eigenvalue weighted by molar-refractivity contribution is -0.127. The highest BCUT2D eigenvalue weighted by atomic mass is 16.5. The first-order valence-electron chi connectivity index (χ1n) is 9.06. The molecule has 0 fully saturated rings. The van der Waals surface area contributed by atoms with E-state index in [0.29, 0.717) is 12.5 Å². The van der Waals surface area contributed by atoms with Crippen molar-refractivity contribution in [2.75, 3.05) is 6.54 Å². The number of hydrogen-bond donors (Lipinski definition) is 1. The molecule has 1 N–H and O–H groups in total. The number of para-hydroxylation sites is 1. The molecule has 0 spiro atoms. The highest BCUT2D eigenvalue weighted by Crippen LogP contribution is 2.26. The molecule has 3 heteroatoms. The normalized spacial score (nSPS) is 12.0. The quantitative estimate of drug-likeness (QED) is 0.712. The molecule has 0 unspecified atom stereocenters. The third-order valence-electron chi connectivity index (χ3n) is 4.24. The van der Waals surface area contributed by atoms with E-state index in [4.69, 9.17) is 4.74 Å². The van der Waals surface area contributed by atoms with E-state index in [0.717, 1.165) is 24.2 Å². The fourth-order valence-corrected chi connectivity index (χ4v) is 2.82. The maximum absolute atomic E-state index is 12.3. The molecule has 3 nitrogen and oxygen atoms in total. The smallest absolute Gasteiger partial charge is 0.260 e. The first-order valence-corrected chi connectivity index (χ1v) is 9.06. The van der Waals surface area contributed by atoms with Gasteiger partial charge in [0, 0.05) is 6.54 Å². The molecule has 0 aromatic heterocycles. The molecule has 1 amide bonds. The van der Waals surface area contributed by atoms with Gasteiger partial charge in [-0.05, 0) is 49.8 Å². The second-order valence-corrected chi connectivity index (χ2v) is 6.84. The lowest BCUT2D eigenvalue weighted by atomic mass is 10.0. The van der Waals surface area contributed by atoms with Gasteiger partial charge in [0.25, 0.3) is 5.91 Å². The third kappa shape index (κ3) is 5.93. The van der Waals surface area contributed by atoms with Crippen LogP contribution in [0, 0.1) is 6.92 Å². The second kappa shape index (κ2) is 9.26. The van der Waals surface area contributed by atoms with Crippen LogP contribution in [0.1, 0.15) is 49.8 Å². The Bertz CT molecular complexity index is 694. The maximum atomic E-state index is 12.3. The predicted octanol–water partition coefficient (Wildman–Crippen LogP) is 4.63. The number of benzene rings is 2. The van der Waals surface area contributed by atoms with Crippen LogP contribution in [0.15, 0.2) is 48.5 Å². The van der Waals surface area contributed by atoms with Crippen LogP contribution < -0.4 is 10.1 Å². The van der Waals surface area contributed by atoms with E-state index in [2.05, 4.69) is 50.4 Å². The van der Waals surface area contributed by atoms with Crippen LogP contribution in [0.25, 0.3) is 0 Å². The molecule has 0 bridgehead atoms. The molecule has 0 aliphatic carbocycles. The van der Waals surface area contributed by atoms with E-state index in [1.165, 1.54) is 11.1 Å². The van der Waals surface area contributed by atoms with Gasteiger partial charge in [0.1, 0.15) is 5.75 Å². The van der Waals surface area contributed by atoms with Gasteiger partial charge in [-0.2, -0.15) is 0 Å². The highest BCUT2D eigenvalue weighted by Gasteiger charge is 2.16. The Morgan fingerprint density at radius 1 is 1.08 bits per heavy atom. The molecule has 0 saturated carbocycles. The van der Waals surface area contributed by atoms with Gasteiger partial charge in [-0.1, -0.05) is 61.9 Å². The topological polar surface area (TPSA) is 38.3 Å². The van der Waals surface area contributed by atoms with Crippen molar-refractivity contribution < 1.29 is 9.53 Å². The zero-order chi connectivity index (χ0) is 18.2. The molecule has 2 aromatic rings. The number of rotatable bonds is 8. The predicted molar refractivity (Wildman–Crippen MR) is 103 cm³/mol. The van der Waals surface area contributed by atoms with Gasteiger partial charge in [0.05, 0.1) is 0 Å². The first kappa shape index (κ1) is 19.0. The van der Waals surface area contributed by atoms with Crippen LogP contribution in [0.5, 0.6) is 5.75 Å². The van der Waals surface area contributed by atoms with Crippen molar-refractivity contribution >= 4 is 5.91 Å². The van der Waals surface area contributed by atoms with Crippen molar-refractivity contribution in [3.05, 3.63) is 65.2 Å². The number of ether oxygens (including phenoxy) is 1. The molecule has 2 aromatic carbocycles. The summed E-state index contributed by atoms with van der Waals surface area (Å²) in [4.78, 5) is 12.3. The molecule has 0 saturated heterocycles. The third-order valence-corrected chi connectivity index (χ3v) is 4.24. The molecule has 2 rings (SSSR count). The average molecular weight is 339 g/mol. The molecule has 0 radical (unpaired) electrons. The fourth-order valence-electron chi connectivity index (χ4n) is 2.82. The number of carbonyl (C=O) groups is 1. The summed E-state index contributed by atoms with van der Waals surface area (Å²) in [7, 11) is 0. The van der Waals surface area contributed by atoms with Crippen molar-refractivity contribution in [2.45, 2.75) is 52.6 Å². The van der Waals surface area contributed by atoms with Gasteiger partial charge >= 0.3 is 0 Å². The summed E-state index contributed by atoms with van der Waals surface area (Å²) in [5.74, 6) is 1.09. The molecule has 25 heavy (non-hydrogen) atoms. The number of carbonyl (C=O) groups excluding carboxylic acids is 1. The summed E-state index contributed by atoms with van der Waals surface area (Å²) in [5.41, 5.74) is 3.71.